The van der Waals surface area contributed by atoms with Gasteiger partial charge in [0.1, 0.15) is 0 Å². The summed E-state index contributed by atoms with van der Waals surface area (Å²) in [5.74, 6) is -2.72. The molecule has 0 saturated carbocycles. The van der Waals surface area contributed by atoms with Crippen molar-refractivity contribution in [3.63, 3.8) is 0 Å². The van der Waals surface area contributed by atoms with Crippen LogP contribution in [0.2, 0.25) is 0 Å². The van der Waals surface area contributed by atoms with Crippen molar-refractivity contribution in [1.82, 2.24) is 0 Å². The van der Waals surface area contributed by atoms with Crippen LogP contribution < -0.4 is 5.06 Å². The van der Waals surface area contributed by atoms with Crippen molar-refractivity contribution in [3.05, 3.63) is 30.3 Å². The van der Waals surface area contributed by atoms with Crippen molar-refractivity contribution in [2.75, 3.05) is 33.5 Å². The third-order valence-corrected chi connectivity index (χ3v) is 2.95. The molecular formula is C12H17NO5. The van der Waals surface area contributed by atoms with E-state index < -0.39 is 11.9 Å². The van der Waals surface area contributed by atoms with E-state index in [4.69, 9.17) is 23.8 Å². The van der Waals surface area contributed by atoms with E-state index in [1.54, 1.807) is 0 Å². The van der Waals surface area contributed by atoms with Crippen molar-refractivity contribution in [1.29, 1.82) is 0 Å². The molecule has 1 fully saturated rings. The highest BCUT2D eigenvalue weighted by atomic mass is 17.0. The van der Waals surface area contributed by atoms with Gasteiger partial charge in [-0.3, -0.25) is 0 Å². The molecule has 0 aromatic heterocycles. The molecule has 0 amide bonds. The molecule has 1 heterocycles. The van der Waals surface area contributed by atoms with E-state index in [-0.39, 0.29) is 0 Å². The Labute approximate surface area is 106 Å². The second-order valence-corrected chi connectivity index (χ2v) is 3.68. The summed E-state index contributed by atoms with van der Waals surface area (Å²) in [5.41, 5.74) is 0.769. The van der Waals surface area contributed by atoms with Gasteiger partial charge in [-0.1, -0.05) is 18.2 Å². The van der Waals surface area contributed by atoms with E-state index in [1.807, 2.05) is 30.3 Å². The van der Waals surface area contributed by atoms with Crippen LogP contribution in [0.3, 0.4) is 0 Å². The Morgan fingerprint density at radius 1 is 0.889 bits per heavy atom. The molecule has 1 aliphatic rings. The molecule has 100 valence electrons. The number of hydrogen-bond acceptors (Lipinski definition) is 6. The van der Waals surface area contributed by atoms with Gasteiger partial charge in [0.2, 0.25) is 0 Å². The Morgan fingerprint density at radius 2 is 1.44 bits per heavy atom. The largest absolute Gasteiger partial charge is 0.385 e. The van der Waals surface area contributed by atoms with Gasteiger partial charge in [-0.15, -0.1) is 0 Å². The Hall–Kier alpha value is -1.18. The molecule has 0 unspecified atom stereocenters. The number of rotatable bonds is 5. The first-order valence-corrected chi connectivity index (χ1v) is 5.44. The molecule has 18 heavy (non-hydrogen) atoms. The summed E-state index contributed by atoms with van der Waals surface area (Å²) in [4.78, 5) is 5.55. The van der Waals surface area contributed by atoms with E-state index in [0.717, 1.165) is 5.69 Å². The lowest BCUT2D eigenvalue weighted by molar-refractivity contribution is -0.567. The molecule has 2 rings (SSSR count). The van der Waals surface area contributed by atoms with Crippen LogP contribution >= 0.6 is 0 Å². The number of nitrogens with zero attached hydrogens (tertiary/aromatic N) is 1. The number of para-hydroxylation sites is 1. The van der Waals surface area contributed by atoms with Gasteiger partial charge in [-0.2, -0.15) is 9.90 Å². The average Bonchev–Trinajstić information content (AvgIpc) is 2.42. The van der Waals surface area contributed by atoms with Crippen LogP contribution in [-0.4, -0.2) is 40.3 Å². The Kier molecular flexibility index (Phi) is 3.56. The molecule has 0 bridgehead atoms. The first kappa shape index (κ1) is 13.3. The quantitative estimate of drug-likeness (QED) is 0.740. The topological polar surface area (TPSA) is 49.4 Å². The molecule has 1 aliphatic heterocycles. The maximum absolute atomic E-state index is 5.55. The number of benzene rings is 1. The fourth-order valence-corrected chi connectivity index (χ4v) is 2.02. The Morgan fingerprint density at radius 3 is 1.89 bits per heavy atom. The van der Waals surface area contributed by atoms with Crippen molar-refractivity contribution in [2.24, 2.45) is 0 Å². The molecule has 1 saturated heterocycles. The van der Waals surface area contributed by atoms with Crippen LogP contribution in [0.15, 0.2) is 30.3 Å². The number of hydrogen-bond donors (Lipinski definition) is 0. The Balaban J connectivity index is 2.36. The van der Waals surface area contributed by atoms with Gasteiger partial charge >= 0.3 is 11.9 Å². The minimum absolute atomic E-state index is 0.769. The second kappa shape index (κ2) is 4.83. The summed E-state index contributed by atoms with van der Waals surface area (Å²) >= 11 is 0. The smallest absolute Gasteiger partial charge is 0.328 e. The van der Waals surface area contributed by atoms with Gasteiger partial charge < -0.3 is 18.9 Å². The summed E-state index contributed by atoms with van der Waals surface area (Å²) < 4.78 is 21.3. The molecule has 6 heteroatoms. The summed E-state index contributed by atoms with van der Waals surface area (Å²) in [6.07, 6.45) is 0. The van der Waals surface area contributed by atoms with Gasteiger partial charge in [0.25, 0.3) is 0 Å². The third kappa shape index (κ3) is 1.54. The first-order chi connectivity index (χ1) is 8.69. The van der Waals surface area contributed by atoms with Crippen molar-refractivity contribution in [3.8, 4) is 0 Å². The van der Waals surface area contributed by atoms with Crippen LogP contribution in [0.5, 0.6) is 0 Å². The van der Waals surface area contributed by atoms with Gasteiger partial charge in [-0.05, 0) is 12.1 Å². The molecule has 0 radical (unpaired) electrons. The van der Waals surface area contributed by atoms with Crippen LogP contribution in [0.25, 0.3) is 0 Å². The molecule has 0 N–H and O–H groups in total. The van der Waals surface area contributed by atoms with Crippen molar-refractivity contribution < 1.29 is 23.8 Å². The molecule has 0 aliphatic carbocycles. The highest BCUT2D eigenvalue weighted by Crippen LogP contribution is 2.48. The maximum atomic E-state index is 5.55. The number of anilines is 1. The maximum Gasteiger partial charge on any atom is 0.385 e. The molecule has 1 aromatic rings. The number of hydroxylamine groups is 1. The second-order valence-electron chi connectivity index (χ2n) is 3.68. The highest BCUT2D eigenvalue weighted by Gasteiger charge is 2.73. The fraction of sp³-hybridized carbons (Fsp3) is 0.500. The predicted molar refractivity (Wildman–Crippen MR) is 63.5 cm³/mol. The summed E-state index contributed by atoms with van der Waals surface area (Å²) in [6, 6.07) is 9.40. The van der Waals surface area contributed by atoms with Crippen LogP contribution in [0, 0.1) is 0 Å². The zero-order valence-corrected chi connectivity index (χ0v) is 10.9. The molecular weight excluding hydrogens is 238 g/mol. The van der Waals surface area contributed by atoms with Crippen LogP contribution in [0.1, 0.15) is 0 Å². The normalized spacial score (nSPS) is 20.6. The van der Waals surface area contributed by atoms with Gasteiger partial charge in [0, 0.05) is 28.4 Å². The van der Waals surface area contributed by atoms with Crippen molar-refractivity contribution in [2.45, 2.75) is 11.9 Å². The SMILES string of the molecule is COC1(OC)ON(c2ccccc2)C1(OC)OC. The van der Waals surface area contributed by atoms with E-state index >= 15 is 0 Å². The lowest BCUT2D eigenvalue weighted by Gasteiger charge is -2.58. The molecule has 1 aromatic carbocycles. The summed E-state index contributed by atoms with van der Waals surface area (Å²) in [7, 11) is 5.90. The fourth-order valence-electron chi connectivity index (χ4n) is 2.02. The highest BCUT2D eigenvalue weighted by molar-refractivity contribution is 5.47. The minimum atomic E-state index is -1.42. The lowest BCUT2D eigenvalue weighted by Crippen LogP contribution is -2.81. The minimum Gasteiger partial charge on any atom is -0.328 e. The van der Waals surface area contributed by atoms with Crippen LogP contribution in [0.4, 0.5) is 5.69 Å². The monoisotopic (exact) mass is 255 g/mol. The van der Waals surface area contributed by atoms with E-state index in [0.29, 0.717) is 0 Å². The van der Waals surface area contributed by atoms with E-state index in [9.17, 15) is 0 Å². The zero-order valence-electron chi connectivity index (χ0n) is 10.9. The lowest BCUT2D eigenvalue weighted by atomic mass is 10.2. The average molecular weight is 255 g/mol. The predicted octanol–water partition coefficient (Wildman–Crippen LogP) is 1.33. The van der Waals surface area contributed by atoms with Gasteiger partial charge in [0.15, 0.2) is 0 Å². The van der Waals surface area contributed by atoms with E-state index in [1.165, 1.54) is 33.5 Å². The first-order valence-electron chi connectivity index (χ1n) is 5.44. The van der Waals surface area contributed by atoms with E-state index in [2.05, 4.69) is 0 Å². The van der Waals surface area contributed by atoms with Crippen molar-refractivity contribution >= 4 is 5.69 Å². The molecule has 0 spiro atoms. The Bertz CT molecular complexity index is 389. The molecule has 0 atom stereocenters. The number of methoxy groups -OCH3 is 4. The third-order valence-electron chi connectivity index (χ3n) is 2.95. The molecule has 6 nitrogen and oxygen atoms in total. The van der Waals surface area contributed by atoms with Crippen LogP contribution in [-0.2, 0) is 23.8 Å². The zero-order chi connectivity index (χ0) is 13.2. The van der Waals surface area contributed by atoms with Gasteiger partial charge in [0.05, 0.1) is 5.69 Å². The number of ether oxygens (including phenoxy) is 4. The summed E-state index contributed by atoms with van der Waals surface area (Å²) in [6.45, 7) is 0. The summed E-state index contributed by atoms with van der Waals surface area (Å²) in [5, 5.41) is 1.46. The standard InChI is InChI=1S/C12H17NO5/c1-14-11(15-2)12(16-3,17-4)18-13(11)10-8-6-5-7-9-10/h5-9H,1-4H3. The van der Waals surface area contributed by atoms with Gasteiger partial charge in [-0.25, -0.2) is 0 Å².